The van der Waals surface area contributed by atoms with E-state index in [2.05, 4.69) is 20.9 Å². The number of rotatable bonds is 3. The SMILES string of the molecule is NC(=O)c1cc(Br)cc2c(C3CCS(O)(O)C(c4ccccc4)C3)c[nH]c12. The highest BCUT2D eigenvalue weighted by atomic mass is 79.9. The molecule has 1 aliphatic heterocycles. The van der Waals surface area contributed by atoms with Gasteiger partial charge in [-0.3, -0.25) is 13.9 Å². The van der Waals surface area contributed by atoms with Gasteiger partial charge in [0.25, 0.3) is 5.91 Å². The smallest absolute Gasteiger partial charge is 0.250 e. The van der Waals surface area contributed by atoms with Crippen molar-refractivity contribution in [2.45, 2.75) is 24.0 Å². The molecule has 1 aromatic heterocycles. The molecule has 0 bridgehead atoms. The number of hydrogen-bond donors (Lipinski definition) is 4. The summed E-state index contributed by atoms with van der Waals surface area (Å²) >= 11 is 3.46. The number of aromatic amines is 1. The molecule has 2 aromatic carbocycles. The van der Waals surface area contributed by atoms with Crippen LogP contribution in [0.5, 0.6) is 0 Å². The molecule has 2 atom stereocenters. The number of H-pyrrole nitrogens is 1. The molecule has 142 valence electrons. The van der Waals surface area contributed by atoms with Crippen molar-refractivity contribution in [3.8, 4) is 0 Å². The second kappa shape index (κ2) is 6.98. The van der Waals surface area contributed by atoms with Gasteiger partial charge in [0.05, 0.1) is 16.3 Å². The predicted octanol–water partition coefficient (Wildman–Crippen LogP) is 5.40. The van der Waals surface area contributed by atoms with E-state index in [-0.39, 0.29) is 11.2 Å². The molecular formula is C20H21BrN2O3S. The highest BCUT2D eigenvalue weighted by Gasteiger charge is 2.36. The molecule has 2 unspecified atom stereocenters. The topological polar surface area (TPSA) is 99.3 Å². The van der Waals surface area contributed by atoms with E-state index in [1.54, 1.807) is 6.07 Å². The second-order valence-electron chi connectivity index (χ2n) is 7.03. The molecule has 1 fully saturated rings. The van der Waals surface area contributed by atoms with Gasteiger partial charge < -0.3 is 10.7 Å². The van der Waals surface area contributed by atoms with E-state index in [9.17, 15) is 13.9 Å². The number of hydrogen-bond acceptors (Lipinski definition) is 3. The van der Waals surface area contributed by atoms with Gasteiger partial charge in [-0.15, -0.1) is 0 Å². The molecule has 7 heteroatoms. The Morgan fingerprint density at radius 3 is 2.67 bits per heavy atom. The highest BCUT2D eigenvalue weighted by molar-refractivity contribution is 9.10. The fourth-order valence-electron chi connectivity index (χ4n) is 4.04. The molecular weight excluding hydrogens is 428 g/mol. The van der Waals surface area contributed by atoms with Crippen LogP contribution in [0.15, 0.2) is 53.1 Å². The Labute approximate surface area is 167 Å². The van der Waals surface area contributed by atoms with Crippen molar-refractivity contribution >= 4 is 43.3 Å². The molecule has 5 N–H and O–H groups in total. The molecule has 27 heavy (non-hydrogen) atoms. The minimum absolute atomic E-state index is 0.166. The first kappa shape index (κ1) is 18.6. The van der Waals surface area contributed by atoms with Crippen LogP contribution in [0.2, 0.25) is 0 Å². The van der Waals surface area contributed by atoms with Gasteiger partial charge in [-0.05, 0) is 42.0 Å². The summed E-state index contributed by atoms with van der Waals surface area (Å²) < 4.78 is 22.1. The van der Waals surface area contributed by atoms with Crippen LogP contribution in [0, 0.1) is 0 Å². The molecule has 0 spiro atoms. The van der Waals surface area contributed by atoms with Gasteiger partial charge in [-0.1, -0.05) is 46.3 Å². The quantitative estimate of drug-likeness (QED) is 0.431. The number of carbonyl (C=O) groups excluding carboxylic acids is 1. The van der Waals surface area contributed by atoms with Crippen molar-refractivity contribution in [2.24, 2.45) is 5.73 Å². The Morgan fingerprint density at radius 2 is 1.96 bits per heavy atom. The maximum Gasteiger partial charge on any atom is 0.250 e. The summed E-state index contributed by atoms with van der Waals surface area (Å²) in [7, 11) is -2.68. The third kappa shape index (κ3) is 3.40. The van der Waals surface area contributed by atoms with Gasteiger partial charge in [0.15, 0.2) is 0 Å². The first-order chi connectivity index (χ1) is 12.9. The van der Waals surface area contributed by atoms with Gasteiger partial charge in [0, 0.05) is 21.8 Å². The third-order valence-electron chi connectivity index (χ3n) is 5.38. The van der Waals surface area contributed by atoms with E-state index < -0.39 is 16.5 Å². The number of carbonyl (C=O) groups is 1. The number of nitrogens with one attached hydrogen (secondary N) is 1. The molecule has 1 saturated heterocycles. The number of benzene rings is 2. The van der Waals surface area contributed by atoms with Crippen LogP contribution in [0.3, 0.4) is 0 Å². The number of halogens is 1. The van der Waals surface area contributed by atoms with Gasteiger partial charge in [0.2, 0.25) is 0 Å². The number of primary amides is 1. The number of amides is 1. The van der Waals surface area contributed by atoms with Crippen LogP contribution in [-0.2, 0) is 0 Å². The monoisotopic (exact) mass is 448 g/mol. The Kier molecular flexibility index (Phi) is 4.80. The zero-order chi connectivity index (χ0) is 19.2. The standard InChI is InChI=1S/C20H21BrN2O3S/c21-14-9-15-17(11-23-19(15)16(10-14)20(22)24)13-6-7-27(25,26)18(8-13)12-4-2-1-3-5-12/h1-5,9-11,13,18,23,25-26H,6-8H2,(H2,22,24). The minimum atomic E-state index is -2.68. The Hall–Kier alpha value is -1.80. The summed E-state index contributed by atoms with van der Waals surface area (Å²) in [5.74, 6) is 0.0641. The van der Waals surface area contributed by atoms with Crippen molar-refractivity contribution in [1.29, 1.82) is 0 Å². The first-order valence-corrected chi connectivity index (χ1v) is 11.3. The van der Waals surface area contributed by atoms with Gasteiger partial charge in [-0.25, -0.2) is 0 Å². The first-order valence-electron chi connectivity index (χ1n) is 8.77. The van der Waals surface area contributed by atoms with Crippen molar-refractivity contribution in [2.75, 3.05) is 5.75 Å². The van der Waals surface area contributed by atoms with Crippen LogP contribution in [-0.4, -0.2) is 25.7 Å². The zero-order valence-electron chi connectivity index (χ0n) is 14.6. The molecule has 0 radical (unpaired) electrons. The van der Waals surface area contributed by atoms with Crippen LogP contribution in [0.25, 0.3) is 10.9 Å². The summed E-state index contributed by atoms with van der Waals surface area (Å²) in [4.78, 5) is 15.0. The summed E-state index contributed by atoms with van der Waals surface area (Å²) in [5.41, 5.74) is 8.75. The van der Waals surface area contributed by atoms with Gasteiger partial charge in [-0.2, -0.15) is 10.6 Å². The largest absolute Gasteiger partial charge is 0.366 e. The van der Waals surface area contributed by atoms with Crippen LogP contribution in [0.1, 0.15) is 45.5 Å². The molecule has 0 saturated carbocycles. The van der Waals surface area contributed by atoms with Crippen molar-refractivity contribution < 1.29 is 13.9 Å². The van der Waals surface area contributed by atoms with E-state index in [0.29, 0.717) is 24.2 Å². The zero-order valence-corrected chi connectivity index (χ0v) is 17.0. The Balaban J connectivity index is 1.75. The third-order valence-corrected chi connectivity index (χ3v) is 8.05. The van der Waals surface area contributed by atoms with Gasteiger partial charge in [0.1, 0.15) is 0 Å². The maximum absolute atomic E-state index is 11.8. The molecule has 2 heterocycles. The second-order valence-corrected chi connectivity index (χ2v) is 10.4. The normalized spacial score (nSPS) is 23.2. The van der Waals surface area contributed by atoms with E-state index in [0.717, 1.165) is 26.5 Å². The fraction of sp³-hybridized carbons (Fsp3) is 0.250. The van der Waals surface area contributed by atoms with Crippen molar-refractivity contribution in [3.63, 3.8) is 0 Å². The summed E-state index contributed by atoms with van der Waals surface area (Å²) in [5, 5.41) is 0.665. The molecule has 5 nitrogen and oxygen atoms in total. The average molecular weight is 449 g/mol. The highest BCUT2D eigenvalue weighted by Crippen LogP contribution is 2.62. The van der Waals surface area contributed by atoms with Crippen molar-refractivity contribution in [1.82, 2.24) is 4.98 Å². The maximum atomic E-state index is 11.8. The molecule has 4 rings (SSSR count). The number of nitrogens with two attached hydrogens (primary N) is 1. The van der Waals surface area contributed by atoms with Crippen LogP contribution >= 0.6 is 26.5 Å². The summed E-state index contributed by atoms with van der Waals surface area (Å²) in [6.45, 7) is 0. The molecule has 3 aromatic rings. The summed E-state index contributed by atoms with van der Waals surface area (Å²) in [6.07, 6.45) is 3.27. The fourth-order valence-corrected chi connectivity index (χ4v) is 6.55. The lowest BCUT2D eigenvalue weighted by Gasteiger charge is -2.46. The Morgan fingerprint density at radius 1 is 1.22 bits per heavy atom. The van der Waals surface area contributed by atoms with E-state index >= 15 is 0 Å². The lowest BCUT2D eigenvalue weighted by molar-refractivity contribution is 0.100. The Bertz CT molecular complexity index is 1000. The number of fused-ring (bicyclic) bond motifs is 1. The van der Waals surface area contributed by atoms with E-state index in [4.69, 9.17) is 5.73 Å². The molecule has 1 aliphatic rings. The lowest BCUT2D eigenvalue weighted by Crippen LogP contribution is -2.23. The minimum Gasteiger partial charge on any atom is -0.366 e. The number of aromatic nitrogens is 1. The molecule has 1 amide bonds. The summed E-state index contributed by atoms with van der Waals surface area (Å²) in [6, 6.07) is 13.4. The van der Waals surface area contributed by atoms with E-state index in [1.165, 1.54) is 0 Å². The van der Waals surface area contributed by atoms with E-state index in [1.807, 2.05) is 42.6 Å². The van der Waals surface area contributed by atoms with Crippen LogP contribution in [0.4, 0.5) is 0 Å². The van der Waals surface area contributed by atoms with Gasteiger partial charge >= 0.3 is 0 Å². The molecule has 0 aliphatic carbocycles. The van der Waals surface area contributed by atoms with Crippen LogP contribution < -0.4 is 5.73 Å². The predicted molar refractivity (Wildman–Crippen MR) is 113 cm³/mol. The lowest BCUT2D eigenvalue weighted by atomic mass is 9.89. The average Bonchev–Trinajstić information content (AvgIpc) is 3.05. The van der Waals surface area contributed by atoms with Crippen molar-refractivity contribution in [3.05, 3.63) is 69.8 Å².